The van der Waals surface area contributed by atoms with Crippen LogP contribution in [-0.4, -0.2) is 29.6 Å². The maximum atomic E-state index is 11.4. The van der Waals surface area contributed by atoms with Crippen molar-refractivity contribution >= 4 is 29.3 Å². The first-order chi connectivity index (χ1) is 7.63. The lowest BCUT2D eigenvalue weighted by atomic mass is 10.1. The fraction of sp³-hybridized carbons (Fsp3) is 0.700. The summed E-state index contributed by atoms with van der Waals surface area (Å²) in [4.78, 5) is 33.6. The Labute approximate surface area is 98.9 Å². The first-order valence-electron chi connectivity index (χ1n) is 5.32. The van der Waals surface area contributed by atoms with Crippen molar-refractivity contribution in [2.24, 2.45) is 0 Å². The van der Waals surface area contributed by atoms with Gasteiger partial charge in [-0.05, 0) is 19.3 Å². The van der Waals surface area contributed by atoms with E-state index in [0.717, 1.165) is 6.42 Å². The molecule has 1 rings (SSSR count). The van der Waals surface area contributed by atoms with Crippen LogP contribution in [0.3, 0.4) is 0 Å². The van der Waals surface area contributed by atoms with Crippen LogP contribution in [0, 0.1) is 0 Å². The predicted octanol–water partition coefficient (Wildman–Crippen LogP) is 0.317. The highest BCUT2D eigenvalue weighted by molar-refractivity contribution is 6.17. The lowest BCUT2D eigenvalue weighted by molar-refractivity contribution is -0.137. The molecule has 90 valence electrons. The summed E-state index contributed by atoms with van der Waals surface area (Å²) in [5.74, 6) is -0.328. The van der Waals surface area contributed by atoms with E-state index in [1.165, 1.54) is 0 Å². The van der Waals surface area contributed by atoms with Crippen molar-refractivity contribution in [3.8, 4) is 0 Å². The topological polar surface area (TPSA) is 75.3 Å². The van der Waals surface area contributed by atoms with Crippen LogP contribution in [0.5, 0.6) is 0 Å². The number of rotatable bonds is 5. The van der Waals surface area contributed by atoms with Crippen molar-refractivity contribution < 1.29 is 14.4 Å². The quantitative estimate of drug-likeness (QED) is 0.417. The van der Waals surface area contributed by atoms with Crippen LogP contribution in [0.2, 0.25) is 0 Å². The van der Waals surface area contributed by atoms with Gasteiger partial charge < -0.3 is 5.32 Å². The predicted molar refractivity (Wildman–Crippen MR) is 58.9 cm³/mol. The number of imide groups is 1. The van der Waals surface area contributed by atoms with Crippen LogP contribution >= 0.6 is 11.6 Å². The third-order valence-electron chi connectivity index (χ3n) is 2.36. The normalized spacial score (nSPS) is 20.4. The SMILES string of the molecule is O=C1CCC(NC(=O)CCCCCl)C(=O)N1. The molecule has 1 saturated heterocycles. The molecule has 0 aromatic heterocycles. The molecule has 0 aromatic rings. The lowest BCUT2D eigenvalue weighted by Gasteiger charge is -2.21. The summed E-state index contributed by atoms with van der Waals surface area (Å²) in [6, 6.07) is -0.568. The minimum atomic E-state index is -0.568. The van der Waals surface area contributed by atoms with E-state index in [1.807, 2.05) is 0 Å². The molecule has 1 fully saturated rings. The van der Waals surface area contributed by atoms with Gasteiger partial charge in [-0.25, -0.2) is 0 Å². The van der Waals surface area contributed by atoms with Crippen LogP contribution in [0.15, 0.2) is 0 Å². The van der Waals surface area contributed by atoms with Gasteiger partial charge in [-0.15, -0.1) is 11.6 Å². The minimum absolute atomic E-state index is 0.167. The van der Waals surface area contributed by atoms with Crippen molar-refractivity contribution in [2.75, 3.05) is 5.88 Å². The molecule has 5 nitrogen and oxygen atoms in total. The van der Waals surface area contributed by atoms with E-state index in [0.29, 0.717) is 25.1 Å². The van der Waals surface area contributed by atoms with Gasteiger partial charge in [-0.3, -0.25) is 19.7 Å². The molecular formula is C10H15ClN2O3. The van der Waals surface area contributed by atoms with Gasteiger partial charge in [0.1, 0.15) is 6.04 Å². The average molecular weight is 247 g/mol. The Balaban J connectivity index is 2.28. The van der Waals surface area contributed by atoms with E-state index >= 15 is 0 Å². The van der Waals surface area contributed by atoms with Crippen LogP contribution in [0.25, 0.3) is 0 Å². The summed E-state index contributed by atoms with van der Waals surface area (Å²) >= 11 is 5.48. The summed E-state index contributed by atoms with van der Waals surface area (Å²) in [6.45, 7) is 0. The third-order valence-corrected chi connectivity index (χ3v) is 2.63. The Hall–Kier alpha value is -1.10. The largest absolute Gasteiger partial charge is 0.344 e. The number of carbonyl (C=O) groups excluding carboxylic acids is 3. The van der Waals surface area contributed by atoms with Crippen molar-refractivity contribution in [1.29, 1.82) is 0 Å². The van der Waals surface area contributed by atoms with Gasteiger partial charge in [-0.1, -0.05) is 0 Å². The average Bonchev–Trinajstić information content (AvgIpc) is 2.23. The fourth-order valence-electron chi connectivity index (χ4n) is 1.48. The molecule has 1 atom stereocenters. The zero-order valence-corrected chi connectivity index (χ0v) is 9.68. The summed E-state index contributed by atoms with van der Waals surface area (Å²) < 4.78 is 0. The second kappa shape index (κ2) is 6.48. The zero-order chi connectivity index (χ0) is 12.0. The number of halogens is 1. The molecule has 2 N–H and O–H groups in total. The number of hydrogen-bond acceptors (Lipinski definition) is 3. The summed E-state index contributed by atoms with van der Waals surface area (Å²) in [7, 11) is 0. The lowest BCUT2D eigenvalue weighted by Crippen LogP contribution is -2.52. The minimum Gasteiger partial charge on any atom is -0.344 e. The smallest absolute Gasteiger partial charge is 0.249 e. The number of nitrogens with one attached hydrogen (secondary N) is 2. The standard InChI is InChI=1S/C10H15ClN2O3/c11-6-2-1-3-8(14)12-7-4-5-9(15)13-10(7)16/h7H,1-6H2,(H,12,14)(H,13,15,16). The molecule has 1 aliphatic heterocycles. The highest BCUT2D eigenvalue weighted by Crippen LogP contribution is 2.05. The Morgan fingerprint density at radius 3 is 2.81 bits per heavy atom. The number of unbranched alkanes of at least 4 members (excludes halogenated alkanes) is 1. The van der Waals surface area contributed by atoms with E-state index in [1.54, 1.807) is 0 Å². The van der Waals surface area contributed by atoms with Crippen LogP contribution in [0.4, 0.5) is 0 Å². The van der Waals surface area contributed by atoms with E-state index < -0.39 is 11.9 Å². The highest BCUT2D eigenvalue weighted by atomic mass is 35.5. The summed E-state index contributed by atoms with van der Waals surface area (Å²) in [6.07, 6.45) is 2.52. The second-order valence-electron chi connectivity index (χ2n) is 3.72. The fourth-order valence-corrected chi connectivity index (χ4v) is 1.67. The summed E-state index contributed by atoms with van der Waals surface area (Å²) in [5, 5.41) is 4.79. The number of amides is 3. The molecule has 1 heterocycles. The van der Waals surface area contributed by atoms with Gasteiger partial charge >= 0.3 is 0 Å². The first-order valence-corrected chi connectivity index (χ1v) is 5.86. The van der Waals surface area contributed by atoms with Crippen molar-refractivity contribution in [3.63, 3.8) is 0 Å². The zero-order valence-electron chi connectivity index (χ0n) is 8.92. The molecule has 16 heavy (non-hydrogen) atoms. The van der Waals surface area contributed by atoms with E-state index in [2.05, 4.69) is 10.6 Å². The maximum Gasteiger partial charge on any atom is 0.249 e. The molecule has 0 spiro atoms. The summed E-state index contributed by atoms with van der Waals surface area (Å²) in [5.41, 5.74) is 0. The van der Waals surface area contributed by atoms with Crippen LogP contribution in [-0.2, 0) is 14.4 Å². The molecule has 1 unspecified atom stereocenters. The maximum absolute atomic E-state index is 11.4. The molecule has 0 radical (unpaired) electrons. The molecular weight excluding hydrogens is 232 g/mol. The third kappa shape index (κ3) is 4.18. The van der Waals surface area contributed by atoms with Gasteiger partial charge in [0.25, 0.3) is 0 Å². The second-order valence-corrected chi connectivity index (χ2v) is 4.10. The van der Waals surface area contributed by atoms with Gasteiger partial charge in [-0.2, -0.15) is 0 Å². The Morgan fingerprint density at radius 2 is 2.19 bits per heavy atom. The van der Waals surface area contributed by atoms with Crippen molar-refractivity contribution in [1.82, 2.24) is 10.6 Å². The van der Waals surface area contributed by atoms with Gasteiger partial charge in [0.15, 0.2) is 0 Å². The van der Waals surface area contributed by atoms with E-state index in [-0.39, 0.29) is 18.2 Å². The molecule has 3 amide bonds. The van der Waals surface area contributed by atoms with E-state index in [9.17, 15) is 14.4 Å². The Kier molecular flexibility index (Phi) is 5.25. The van der Waals surface area contributed by atoms with Crippen LogP contribution in [0.1, 0.15) is 32.1 Å². The molecule has 0 aliphatic carbocycles. The molecule has 6 heteroatoms. The van der Waals surface area contributed by atoms with Gasteiger partial charge in [0.2, 0.25) is 17.7 Å². The molecule has 0 aromatic carbocycles. The number of hydrogen-bond donors (Lipinski definition) is 2. The number of piperidine rings is 1. The van der Waals surface area contributed by atoms with E-state index in [4.69, 9.17) is 11.6 Å². The van der Waals surface area contributed by atoms with Gasteiger partial charge in [0.05, 0.1) is 0 Å². The molecule has 0 saturated carbocycles. The highest BCUT2D eigenvalue weighted by Gasteiger charge is 2.27. The molecule has 1 aliphatic rings. The van der Waals surface area contributed by atoms with Gasteiger partial charge in [0, 0.05) is 18.7 Å². The van der Waals surface area contributed by atoms with Crippen molar-refractivity contribution in [3.05, 3.63) is 0 Å². The number of carbonyl (C=O) groups is 3. The monoisotopic (exact) mass is 246 g/mol. The first kappa shape index (κ1) is 13.0. The van der Waals surface area contributed by atoms with Crippen LogP contribution < -0.4 is 10.6 Å². The Morgan fingerprint density at radius 1 is 1.44 bits per heavy atom. The van der Waals surface area contributed by atoms with Crippen molar-refractivity contribution in [2.45, 2.75) is 38.1 Å². The number of alkyl halides is 1. The molecule has 0 bridgehead atoms. The Bertz CT molecular complexity index is 294.